The molecule has 0 bridgehead atoms. The SMILES string of the molecule is CCCCNC(=O)C1CCN(c2c(F)c(F)nc(F)c2F)CC1. The van der Waals surface area contributed by atoms with E-state index in [0.29, 0.717) is 19.4 Å². The fourth-order valence-electron chi connectivity index (χ4n) is 2.65. The molecule has 128 valence electrons. The maximum absolute atomic E-state index is 13.7. The van der Waals surface area contributed by atoms with E-state index in [0.717, 1.165) is 12.8 Å². The van der Waals surface area contributed by atoms with E-state index in [1.54, 1.807) is 0 Å². The lowest BCUT2D eigenvalue weighted by Gasteiger charge is -2.33. The molecule has 8 heteroatoms. The first-order valence-corrected chi connectivity index (χ1v) is 7.68. The average Bonchev–Trinajstić information content (AvgIpc) is 2.54. The quantitative estimate of drug-likeness (QED) is 0.512. The summed E-state index contributed by atoms with van der Waals surface area (Å²) >= 11 is 0. The van der Waals surface area contributed by atoms with Crippen LogP contribution < -0.4 is 10.2 Å². The fourth-order valence-corrected chi connectivity index (χ4v) is 2.65. The number of aromatic nitrogens is 1. The van der Waals surface area contributed by atoms with Crippen molar-refractivity contribution >= 4 is 11.6 Å². The van der Waals surface area contributed by atoms with Crippen LogP contribution in [0.3, 0.4) is 0 Å². The molecule has 1 aliphatic heterocycles. The molecule has 0 atom stereocenters. The second-order valence-corrected chi connectivity index (χ2v) is 5.58. The molecule has 23 heavy (non-hydrogen) atoms. The first-order valence-electron chi connectivity index (χ1n) is 7.68. The zero-order valence-electron chi connectivity index (χ0n) is 12.8. The Hall–Kier alpha value is -1.86. The molecule has 0 radical (unpaired) electrons. The summed E-state index contributed by atoms with van der Waals surface area (Å²) in [5.74, 6) is -6.70. The standard InChI is InChI=1S/C15H19F4N3O/c1-2-3-6-20-15(23)9-4-7-22(8-5-9)12-10(16)13(18)21-14(19)11(12)17/h9H,2-8H2,1H3,(H,20,23). The highest BCUT2D eigenvalue weighted by Crippen LogP contribution is 2.30. The molecule has 1 N–H and O–H groups in total. The summed E-state index contributed by atoms with van der Waals surface area (Å²) in [4.78, 5) is 15.7. The van der Waals surface area contributed by atoms with Gasteiger partial charge in [0.2, 0.25) is 17.5 Å². The van der Waals surface area contributed by atoms with Crippen molar-refractivity contribution in [1.29, 1.82) is 0 Å². The lowest BCUT2D eigenvalue weighted by Crippen LogP contribution is -2.41. The lowest BCUT2D eigenvalue weighted by atomic mass is 9.95. The van der Waals surface area contributed by atoms with E-state index in [4.69, 9.17) is 0 Å². The minimum atomic E-state index is -1.67. The number of pyridine rings is 1. The normalized spacial score (nSPS) is 15.8. The van der Waals surface area contributed by atoms with Crippen LogP contribution in [0.4, 0.5) is 23.2 Å². The van der Waals surface area contributed by atoms with Crippen molar-refractivity contribution in [2.45, 2.75) is 32.6 Å². The van der Waals surface area contributed by atoms with Crippen LogP contribution >= 0.6 is 0 Å². The van der Waals surface area contributed by atoms with Crippen molar-refractivity contribution in [3.8, 4) is 0 Å². The van der Waals surface area contributed by atoms with Gasteiger partial charge in [-0.2, -0.15) is 22.5 Å². The molecule has 0 saturated carbocycles. The lowest BCUT2D eigenvalue weighted by molar-refractivity contribution is -0.125. The van der Waals surface area contributed by atoms with E-state index < -0.39 is 29.2 Å². The molecule has 1 aliphatic rings. The monoisotopic (exact) mass is 333 g/mol. The molecule has 1 fully saturated rings. The highest BCUT2D eigenvalue weighted by molar-refractivity contribution is 5.79. The Morgan fingerprint density at radius 1 is 1.17 bits per heavy atom. The Morgan fingerprint density at radius 3 is 2.26 bits per heavy atom. The number of carbonyl (C=O) groups is 1. The highest BCUT2D eigenvalue weighted by Gasteiger charge is 2.30. The molecule has 1 aromatic heterocycles. The molecule has 0 spiro atoms. The third-order valence-electron chi connectivity index (χ3n) is 3.99. The van der Waals surface area contributed by atoms with Crippen LogP contribution in [0.1, 0.15) is 32.6 Å². The fraction of sp³-hybridized carbons (Fsp3) is 0.600. The van der Waals surface area contributed by atoms with Gasteiger partial charge in [-0.1, -0.05) is 13.3 Å². The van der Waals surface area contributed by atoms with E-state index in [-0.39, 0.29) is 24.9 Å². The number of rotatable bonds is 5. The van der Waals surface area contributed by atoms with Gasteiger partial charge in [-0.15, -0.1) is 0 Å². The van der Waals surface area contributed by atoms with E-state index in [9.17, 15) is 22.4 Å². The van der Waals surface area contributed by atoms with Gasteiger partial charge in [0.05, 0.1) is 0 Å². The summed E-state index contributed by atoms with van der Waals surface area (Å²) in [6.07, 6.45) is 2.58. The number of nitrogens with zero attached hydrogens (tertiary/aromatic N) is 2. The molecule has 4 nitrogen and oxygen atoms in total. The smallest absolute Gasteiger partial charge is 0.253 e. The molecule has 2 rings (SSSR count). The predicted molar refractivity (Wildman–Crippen MR) is 76.9 cm³/mol. The Morgan fingerprint density at radius 2 is 1.74 bits per heavy atom. The summed E-state index contributed by atoms with van der Waals surface area (Å²) in [6, 6.07) is 0. The summed E-state index contributed by atoms with van der Waals surface area (Å²) in [5, 5.41) is 2.81. The van der Waals surface area contributed by atoms with Gasteiger partial charge in [0.25, 0.3) is 11.9 Å². The second-order valence-electron chi connectivity index (χ2n) is 5.58. The van der Waals surface area contributed by atoms with Gasteiger partial charge in [-0.05, 0) is 19.3 Å². The van der Waals surface area contributed by atoms with Crippen molar-refractivity contribution in [3.05, 3.63) is 23.5 Å². The number of unbranched alkanes of at least 4 members (excludes halogenated alkanes) is 1. The molecule has 1 aromatic rings. The van der Waals surface area contributed by atoms with Crippen LogP contribution in [0, 0.1) is 29.4 Å². The second kappa shape index (κ2) is 7.61. The van der Waals surface area contributed by atoms with Crippen LogP contribution in [0.25, 0.3) is 0 Å². The summed E-state index contributed by atoms with van der Waals surface area (Å²) < 4.78 is 53.8. The third-order valence-corrected chi connectivity index (χ3v) is 3.99. The van der Waals surface area contributed by atoms with E-state index >= 15 is 0 Å². The zero-order chi connectivity index (χ0) is 17.0. The number of amides is 1. The highest BCUT2D eigenvalue weighted by atomic mass is 19.2. The van der Waals surface area contributed by atoms with Gasteiger partial charge in [0.15, 0.2) is 0 Å². The molecule has 1 saturated heterocycles. The van der Waals surface area contributed by atoms with Gasteiger partial charge in [-0.3, -0.25) is 4.79 Å². The number of carbonyl (C=O) groups excluding carboxylic acids is 1. The van der Waals surface area contributed by atoms with Crippen LogP contribution in [-0.2, 0) is 4.79 Å². The van der Waals surface area contributed by atoms with Crippen LogP contribution in [0.2, 0.25) is 0 Å². The Kier molecular flexibility index (Phi) is 5.79. The van der Waals surface area contributed by atoms with Crippen molar-refractivity contribution < 1.29 is 22.4 Å². The molecular formula is C15H19F4N3O. The van der Waals surface area contributed by atoms with Crippen LogP contribution in [0.15, 0.2) is 0 Å². The Balaban J connectivity index is 2.01. The van der Waals surface area contributed by atoms with Crippen molar-refractivity contribution in [3.63, 3.8) is 0 Å². The molecule has 0 aromatic carbocycles. The number of hydrogen-bond acceptors (Lipinski definition) is 3. The van der Waals surface area contributed by atoms with Crippen LogP contribution in [0.5, 0.6) is 0 Å². The molecule has 1 amide bonds. The van der Waals surface area contributed by atoms with Gasteiger partial charge in [0.1, 0.15) is 5.69 Å². The largest absolute Gasteiger partial charge is 0.366 e. The number of halogens is 4. The number of nitrogens with one attached hydrogen (secondary N) is 1. The maximum atomic E-state index is 13.7. The van der Waals surface area contributed by atoms with Gasteiger partial charge >= 0.3 is 0 Å². The van der Waals surface area contributed by atoms with Crippen molar-refractivity contribution in [2.75, 3.05) is 24.5 Å². The maximum Gasteiger partial charge on any atom is 0.253 e. The summed E-state index contributed by atoms with van der Waals surface area (Å²) in [7, 11) is 0. The third kappa shape index (κ3) is 3.92. The number of anilines is 1. The van der Waals surface area contributed by atoms with Gasteiger partial charge in [0, 0.05) is 25.6 Å². The van der Waals surface area contributed by atoms with Crippen LogP contribution in [-0.4, -0.2) is 30.5 Å². The number of hydrogen-bond donors (Lipinski definition) is 1. The van der Waals surface area contributed by atoms with E-state index in [1.165, 1.54) is 4.90 Å². The van der Waals surface area contributed by atoms with Gasteiger partial charge < -0.3 is 10.2 Å². The molecular weight excluding hydrogens is 314 g/mol. The zero-order valence-corrected chi connectivity index (χ0v) is 12.8. The molecule has 0 aliphatic carbocycles. The van der Waals surface area contributed by atoms with E-state index in [1.807, 2.05) is 6.92 Å². The topological polar surface area (TPSA) is 45.2 Å². The number of piperidine rings is 1. The Labute approximate surface area is 131 Å². The van der Waals surface area contributed by atoms with Crippen molar-refractivity contribution in [1.82, 2.24) is 10.3 Å². The van der Waals surface area contributed by atoms with E-state index in [2.05, 4.69) is 10.3 Å². The Bertz CT molecular complexity index is 548. The summed E-state index contributed by atoms with van der Waals surface area (Å²) in [6.45, 7) is 2.89. The average molecular weight is 333 g/mol. The van der Waals surface area contributed by atoms with Crippen molar-refractivity contribution in [2.24, 2.45) is 5.92 Å². The predicted octanol–water partition coefficient (Wildman–Crippen LogP) is 2.77. The molecule has 0 unspecified atom stereocenters. The van der Waals surface area contributed by atoms with Gasteiger partial charge in [-0.25, -0.2) is 0 Å². The molecule has 2 heterocycles. The first kappa shape index (κ1) is 17.5. The minimum Gasteiger partial charge on any atom is -0.366 e. The minimum absolute atomic E-state index is 0.0915. The summed E-state index contributed by atoms with van der Waals surface area (Å²) in [5.41, 5.74) is -0.750. The first-order chi connectivity index (χ1) is 11.0.